The van der Waals surface area contributed by atoms with Gasteiger partial charge in [-0.05, 0) is 69.2 Å². The van der Waals surface area contributed by atoms with Gasteiger partial charge in [0, 0.05) is 22.6 Å². The van der Waals surface area contributed by atoms with Crippen molar-refractivity contribution in [2.45, 2.75) is 57.6 Å². The van der Waals surface area contributed by atoms with Crippen molar-refractivity contribution >= 4 is 50.7 Å². The molecule has 0 radical (unpaired) electrons. The lowest BCUT2D eigenvalue weighted by Gasteiger charge is -2.32. The van der Waals surface area contributed by atoms with E-state index in [1.807, 2.05) is 20.8 Å². The summed E-state index contributed by atoms with van der Waals surface area (Å²) in [7, 11) is -4.11. The number of aryl methyl sites for hydroxylation is 1. The van der Waals surface area contributed by atoms with Crippen LogP contribution in [-0.2, 0) is 26.2 Å². The smallest absolute Gasteiger partial charge is 0.264 e. The zero-order valence-corrected chi connectivity index (χ0v) is 24.7. The maximum absolute atomic E-state index is 13.9. The minimum Gasteiger partial charge on any atom is -0.352 e. The quantitative estimate of drug-likeness (QED) is 0.305. The van der Waals surface area contributed by atoms with E-state index in [4.69, 9.17) is 23.2 Å². The number of nitrogens with one attached hydrogen (secondary N) is 1. The summed E-state index contributed by atoms with van der Waals surface area (Å²) in [5.41, 5.74) is 1.81. The van der Waals surface area contributed by atoms with Crippen LogP contribution in [0, 0.1) is 6.92 Å². The fourth-order valence-corrected chi connectivity index (χ4v) is 5.72. The van der Waals surface area contributed by atoms with Crippen LogP contribution in [0.15, 0.2) is 77.7 Å². The first kappa shape index (κ1) is 30.5. The number of carbonyl (C=O) groups excluding carboxylic acids is 2. The molecule has 3 aromatic rings. The lowest BCUT2D eigenvalue weighted by atomic mass is 10.1. The van der Waals surface area contributed by atoms with Gasteiger partial charge in [-0.2, -0.15) is 0 Å². The number of hydrogen-bond donors (Lipinski definition) is 1. The van der Waals surface area contributed by atoms with Crippen LogP contribution in [0.4, 0.5) is 5.69 Å². The van der Waals surface area contributed by atoms with Gasteiger partial charge in [0.2, 0.25) is 11.8 Å². The monoisotopic (exact) mass is 589 g/mol. The molecule has 0 spiro atoms. The number of halogens is 2. The molecule has 0 saturated heterocycles. The Morgan fingerprint density at radius 3 is 2.18 bits per heavy atom. The lowest BCUT2D eigenvalue weighted by Crippen LogP contribution is -2.52. The fraction of sp³-hybridized carbons (Fsp3) is 0.310. The third-order valence-electron chi connectivity index (χ3n) is 6.46. The number of nitrogens with zero attached hydrogens (tertiary/aromatic N) is 2. The van der Waals surface area contributed by atoms with Crippen LogP contribution >= 0.6 is 23.2 Å². The third kappa shape index (κ3) is 7.75. The van der Waals surface area contributed by atoms with Crippen molar-refractivity contribution in [1.29, 1.82) is 0 Å². The van der Waals surface area contributed by atoms with Crippen molar-refractivity contribution in [1.82, 2.24) is 10.2 Å². The molecule has 39 heavy (non-hydrogen) atoms. The van der Waals surface area contributed by atoms with Crippen molar-refractivity contribution in [2.24, 2.45) is 0 Å². The summed E-state index contributed by atoms with van der Waals surface area (Å²) in [5.74, 6) is -0.914. The van der Waals surface area contributed by atoms with Gasteiger partial charge >= 0.3 is 0 Å². The Labute approximate surface area is 240 Å². The SMILES string of the molecule is CC[C@@H](C)NC(=O)[C@@H](C)N(Cc1ccc(Cl)cc1Cl)C(=O)CN(c1ccccc1)S(=O)(=O)c1ccc(C)cc1. The Morgan fingerprint density at radius 2 is 1.59 bits per heavy atom. The number of carbonyl (C=O) groups is 2. The summed E-state index contributed by atoms with van der Waals surface area (Å²) >= 11 is 12.5. The Morgan fingerprint density at radius 1 is 0.949 bits per heavy atom. The van der Waals surface area contributed by atoms with E-state index in [0.29, 0.717) is 27.7 Å². The molecule has 0 heterocycles. The largest absolute Gasteiger partial charge is 0.352 e. The first-order valence-corrected chi connectivity index (χ1v) is 14.8. The molecule has 0 aromatic heterocycles. The summed E-state index contributed by atoms with van der Waals surface area (Å²) in [6.45, 7) is 6.75. The molecule has 3 rings (SSSR count). The number of sulfonamides is 1. The molecule has 2 atom stereocenters. The predicted octanol–water partition coefficient (Wildman–Crippen LogP) is 5.83. The highest BCUT2D eigenvalue weighted by Gasteiger charge is 2.33. The molecule has 0 aliphatic carbocycles. The fourth-order valence-electron chi connectivity index (χ4n) is 3.84. The maximum atomic E-state index is 13.9. The molecule has 1 N–H and O–H groups in total. The predicted molar refractivity (Wildman–Crippen MR) is 157 cm³/mol. The average Bonchev–Trinajstić information content (AvgIpc) is 2.91. The summed E-state index contributed by atoms with van der Waals surface area (Å²) in [4.78, 5) is 28.4. The highest BCUT2D eigenvalue weighted by Crippen LogP contribution is 2.26. The molecule has 0 aliphatic rings. The Hall–Kier alpha value is -3.07. The number of hydrogen-bond acceptors (Lipinski definition) is 4. The second kappa shape index (κ2) is 13.3. The van der Waals surface area contributed by atoms with Crippen molar-refractivity contribution in [3.63, 3.8) is 0 Å². The molecule has 0 aliphatic heterocycles. The van der Waals surface area contributed by atoms with Gasteiger partial charge in [0.1, 0.15) is 12.6 Å². The molecular formula is C29H33Cl2N3O4S. The van der Waals surface area contributed by atoms with E-state index in [0.717, 1.165) is 9.87 Å². The number of amides is 2. The maximum Gasteiger partial charge on any atom is 0.264 e. The Kier molecular flexibility index (Phi) is 10.4. The molecule has 2 amide bonds. The minimum absolute atomic E-state index is 0.0167. The van der Waals surface area contributed by atoms with Crippen LogP contribution in [0.2, 0.25) is 10.0 Å². The highest BCUT2D eigenvalue weighted by atomic mass is 35.5. The summed E-state index contributed by atoms with van der Waals surface area (Å²) in [6, 6.07) is 18.7. The van der Waals surface area contributed by atoms with Crippen molar-refractivity contribution < 1.29 is 18.0 Å². The normalized spacial score (nSPS) is 12.9. The van der Waals surface area contributed by atoms with E-state index in [1.54, 1.807) is 67.6 Å². The summed E-state index contributed by atoms with van der Waals surface area (Å²) in [6.07, 6.45) is 0.714. The van der Waals surface area contributed by atoms with Gasteiger partial charge < -0.3 is 10.2 Å². The average molecular weight is 591 g/mol. The van der Waals surface area contributed by atoms with E-state index in [1.165, 1.54) is 17.0 Å². The minimum atomic E-state index is -4.11. The van der Waals surface area contributed by atoms with Crippen LogP contribution in [0.3, 0.4) is 0 Å². The van der Waals surface area contributed by atoms with E-state index in [-0.39, 0.29) is 23.4 Å². The first-order chi connectivity index (χ1) is 18.4. The molecule has 3 aromatic carbocycles. The molecule has 0 bridgehead atoms. The van der Waals surface area contributed by atoms with Gasteiger partial charge in [0.15, 0.2) is 0 Å². The van der Waals surface area contributed by atoms with E-state index in [9.17, 15) is 18.0 Å². The Bertz CT molecular complexity index is 1400. The lowest BCUT2D eigenvalue weighted by molar-refractivity contribution is -0.139. The zero-order chi connectivity index (χ0) is 28.7. The molecular weight excluding hydrogens is 557 g/mol. The highest BCUT2D eigenvalue weighted by molar-refractivity contribution is 7.92. The standard InChI is InChI=1S/C29H33Cl2N3O4S/c1-5-21(3)32-29(36)22(4)33(18-23-13-14-24(30)17-27(23)31)28(35)19-34(25-9-7-6-8-10-25)39(37,38)26-15-11-20(2)12-16-26/h6-17,21-22H,5,18-19H2,1-4H3,(H,32,36)/t21-,22-/m1/s1. The third-order valence-corrected chi connectivity index (χ3v) is 8.83. The van der Waals surface area contributed by atoms with Gasteiger partial charge in [-0.15, -0.1) is 0 Å². The number of rotatable bonds is 11. The van der Waals surface area contributed by atoms with Crippen molar-refractivity contribution in [3.05, 3.63) is 94.0 Å². The van der Waals surface area contributed by atoms with E-state index in [2.05, 4.69) is 5.32 Å². The van der Waals surface area contributed by atoms with E-state index < -0.39 is 28.5 Å². The number of benzene rings is 3. The van der Waals surface area contributed by atoms with Gasteiger partial charge in [0.25, 0.3) is 10.0 Å². The number of para-hydroxylation sites is 1. The summed E-state index contributed by atoms with van der Waals surface area (Å²) in [5, 5.41) is 3.67. The molecule has 0 fully saturated rings. The molecule has 0 unspecified atom stereocenters. The molecule has 10 heteroatoms. The van der Waals surface area contributed by atoms with Crippen LogP contribution in [0.1, 0.15) is 38.3 Å². The van der Waals surface area contributed by atoms with E-state index >= 15 is 0 Å². The second-order valence-corrected chi connectivity index (χ2v) is 12.1. The second-order valence-electron chi connectivity index (χ2n) is 9.41. The van der Waals surface area contributed by atoms with Crippen molar-refractivity contribution in [3.8, 4) is 0 Å². The number of anilines is 1. The molecule has 7 nitrogen and oxygen atoms in total. The van der Waals surface area contributed by atoms with Gasteiger partial charge in [-0.1, -0.05) is 72.1 Å². The summed E-state index contributed by atoms with van der Waals surface area (Å²) < 4.78 is 28.6. The topological polar surface area (TPSA) is 86.8 Å². The Balaban J connectivity index is 2.02. The van der Waals surface area contributed by atoms with Crippen LogP contribution in [-0.4, -0.2) is 43.8 Å². The van der Waals surface area contributed by atoms with Gasteiger partial charge in [-0.3, -0.25) is 13.9 Å². The molecule has 208 valence electrons. The molecule has 0 saturated carbocycles. The van der Waals surface area contributed by atoms with Crippen LogP contribution in [0.25, 0.3) is 0 Å². The van der Waals surface area contributed by atoms with Crippen LogP contribution in [0.5, 0.6) is 0 Å². The van der Waals surface area contributed by atoms with Crippen molar-refractivity contribution in [2.75, 3.05) is 10.8 Å². The van der Waals surface area contributed by atoms with Gasteiger partial charge in [0.05, 0.1) is 10.6 Å². The first-order valence-electron chi connectivity index (χ1n) is 12.6. The van der Waals surface area contributed by atoms with Crippen LogP contribution < -0.4 is 9.62 Å². The zero-order valence-electron chi connectivity index (χ0n) is 22.4. The van der Waals surface area contributed by atoms with Gasteiger partial charge in [-0.25, -0.2) is 8.42 Å².